The van der Waals surface area contributed by atoms with Crippen LogP contribution in [0.1, 0.15) is 30.0 Å². The minimum absolute atomic E-state index is 0.165. The maximum Gasteiger partial charge on any atom is 0.222 e. The summed E-state index contributed by atoms with van der Waals surface area (Å²) in [5, 5.41) is 0. The van der Waals surface area contributed by atoms with Gasteiger partial charge in [0.15, 0.2) is 0 Å². The van der Waals surface area contributed by atoms with Gasteiger partial charge in [-0.15, -0.1) is 0 Å². The lowest BCUT2D eigenvalue weighted by Gasteiger charge is -2.17. The molecule has 0 bridgehead atoms. The summed E-state index contributed by atoms with van der Waals surface area (Å²) in [6.07, 6.45) is 5.87. The molecule has 0 saturated heterocycles. The molecule has 0 saturated carbocycles. The first-order valence-electron chi connectivity index (χ1n) is 7.39. The molecule has 0 N–H and O–H groups in total. The summed E-state index contributed by atoms with van der Waals surface area (Å²) in [6, 6.07) is 12.4. The molecule has 0 atom stereocenters. The first-order chi connectivity index (χ1) is 10.2. The Morgan fingerprint density at radius 1 is 1.10 bits per heavy atom. The van der Waals surface area contributed by atoms with Crippen LogP contribution < -0.4 is 0 Å². The van der Waals surface area contributed by atoms with E-state index in [9.17, 15) is 4.79 Å². The Balaban J connectivity index is 1.84. The highest BCUT2D eigenvalue weighted by molar-refractivity contribution is 5.76. The third-order valence-corrected chi connectivity index (χ3v) is 3.63. The molecule has 2 aromatic rings. The lowest BCUT2D eigenvalue weighted by Crippen LogP contribution is -2.26. The van der Waals surface area contributed by atoms with Crippen LogP contribution in [0.3, 0.4) is 0 Å². The van der Waals surface area contributed by atoms with Crippen LogP contribution in [0.2, 0.25) is 0 Å². The van der Waals surface area contributed by atoms with Gasteiger partial charge < -0.3 is 4.90 Å². The molecule has 1 heterocycles. The van der Waals surface area contributed by atoms with Crippen molar-refractivity contribution in [2.45, 2.75) is 32.7 Å². The van der Waals surface area contributed by atoms with Crippen molar-refractivity contribution in [1.29, 1.82) is 0 Å². The van der Waals surface area contributed by atoms with Gasteiger partial charge in [0.25, 0.3) is 0 Å². The van der Waals surface area contributed by atoms with Crippen molar-refractivity contribution in [3.8, 4) is 0 Å². The Kier molecular flexibility index (Phi) is 5.50. The van der Waals surface area contributed by atoms with Gasteiger partial charge in [0, 0.05) is 32.4 Å². The number of benzene rings is 1. The van der Waals surface area contributed by atoms with Crippen molar-refractivity contribution < 1.29 is 4.79 Å². The quantitative estimate of drug-likeness (QED) is 0.815. The van der Waals surface area contributed by atoms with Gasteiger partial charge in [0.05, 0.1) is 0 Å². The molecule has 1 aromatic carbocycles. The highest BCUT2D eigenvalue weighted by Gasteiger charge is 2.09. The van der Waals surface area contributed by atoms with E-state index in [1.165, 1.54) is 11.1 Å². The SMILES string of the molecule is CCc1ccc(CN(C)C(=O)CCc2cccnc2)cc1. The maximum atomic E-state index is 12.1. The van der Waals surface area contributed by atoms with Crippen molar-refractivity contribution in [3.63, 3.8) is 0 Å². The number of nitrogens with zero attached hydrogens (tertiary/aromatic N) is 2. The summed E-state index contributed by atoms with van der Waals surface area (Å²) in [5.74, 6) is 0.165. The van der Waals surface area contributed by atoms with E-state index in [4.69, 9.17) is 0 Å². The number of hydrogen-bond acceptors (Lipinski definition) is 2. The molecule has 1 aromatic heterocycles. The van der Waals surface area contributed by atoms with Crippen molar-refractivity contribution in [2.24, 2.45) is 0 Å². The molecule has 3 nitrogen and oxygen atoms in total. The van der Waals surface area contributed by atoms with Crippen molar-refractivity contribution in [1.82, 2.24) is 9.88 Å². The summed E-state index contributed by atoms with van der Waals surface area (Å²) in [6.45, 7) is 2.80. The molecule has 21 heavy (non-hydrogen) atoms. The number of aromatic nitrogens is 1. The standard InChI is InChI=1S/C18H22N2O/c1-3-15-6-8-17(9-7-15)14-20(2)18(21)11-10-16-5-4-12-19-13-16/h4-9,12-13H,3,10-11,14H2,1-2H3. The molecule has 0 fully saturated rings. The van der Waals surface area contributed by atoms with E-state index in [0.29, 0.717) is 13.0 Å². The molecule has 0 radical (unpaired) electrons. The second kappa shape index (κ2) is 7.58. The van der Waals surface area contributed by atoms with Crippen molar-refractivity contribution >= 4 is 5.91 Å². The lowest BCUT2D eigenvalue weighted by molar-refractivity contribution is -0.130. The molecule has 1 amide bonds. The Morgan fingerprint density at radius 2 is 1.81 bits per heavy atom. The Hall–Kier alpha value is -2.16. The van der Waals surface area contributed by atoms with Gasteiger partial charge in [-0.1, -0.05) is 37.3 Å². The van der Waals surface area contributed by atoms with E-state index in [2.05, 4.69) is 36.2 Å². The molecule has 0 unspecified atom stereocenters. The predicted molar refractivity (Wildman–Crippen MR) is 84.9 cm³/mol. The van der Waals surface area contributed by atoms with Crippen LogP contribution in [0, 0.1) is 0 Å². The summed E-state index contributed by atoms with van der Waals surface area (Å²) in [4.78, 5) is 18.0. The zero-order valence-electron chi connectivity index (χ0n) is 12.7. The molecular weight excluding hydrogens is 260 g/mol. The third-order valence-electron chi connectivity index (χ3n) is 3.63. The van der Waals surface area contributed by atoms with Crippen molar-refractivity contribution in [3.05, 3.63) is 65.5 Å². The second-order valence-electron chi connectivity index (χ2n) is 5.28. The number of aryl methyl sites for hydroxylation is 2. The average Bonchev–Trinajstić information content (AvgIpc) is 2.54. The number of hydrogen-bond donors (Lipinski definition) is 0. The van der Waals surface area contributed by atoms with E-state index < -0.39 is 0 Å². The van der Waals surface area contributed by atoms with Crippen LogP contribution in [0.15, 0.2) is 48.8 Å². The highest BCUT2D eigenvalue weighted by Crippen LogP contribution is 2.09. The summed E-state index contributed by atoms with van der Waals surface area (Å²) in [7, 11) is 1.86. The van der Waals surface area contributed by atoms with Crippen LogP contribution in [-0.4, -0.2) is 22.8 Å². The number of pyridine rings is 1. The van der Waals surface area contributed by atoms with Gasteiger partial charge in [0.1, 0.15) is 0 Å². The Morgan fingerprint density at radius 3 is 2.43 bits per heavy atom. The molecule has 2 rings (SSSR count). The minimum atomic E-state index is 0.165. The monoisotopic (exact) mass is 282 g/mol. The first kappa shape index (κ1) is 15.2. The molecule has 0 aliphatic carbocycles. The average molecular weight is 282 g/mol. The fourth-order valence-electron chi connectivity index (χ4n) is 2.23. The fourth-order valence-corrected chi connectivity index (χ4v) is 2.23. The molecule has 0 aliphatic rings. The predicted octanol–water partition coefficient (Wildman–Crippen LogP) is 3.24. The fraction of sp³-hybridized carbons (Fsp3) is 0.333. The second-order valence-corrected chi connectivity index (χ2v) is 5.28. The molecule has 3 heteroatoms. The van der Waals surface area contributed by atoms with E-state index in [1.807, 2.05) is 25.4 Å². The molecule has 0 spiro atoms. The van der Waals surface area contributed by atoms with E-state index in [0.717, 1.165) is 18.4 Å². The third kappa shape index (κ3) is 4.71. The zero-order valence-corrected chi connectivity index (χ0v) is 12.7. The van der Waals surface area contributed by atoms with Gasteiger partial charge in [-0.2, -0.15) is 0 Å². The van der Waals surface area contributed by atoms with E-state index in [-0.39, 0.29) is 5.91 Å². The summed E-state index contributed by atoms with van der Waals surface area (Å²) < 4.78 is 0. The van der Waals surface area contributed by atoms with Crippen LogP contribution in [0.5, 0.6) is 0 Å². The zero-order chi connectivity index (χ0) is 15.1. The highest BCUT2D eigenvalue weighted by atomic mass is 16.2. The minimum Gasteiger partial charge on any atom is -0.341 e. The van der Waals surface area contributed by atoms with Gasteiger partial charge in [-0.05, 0) is 35.6 Å². The number of amides is 1. The molecule has 110 valence electrons. The van der Waals surface area contributed by atoms with Crippen LogP contribution >= 0.6 is 0 Å². The van der Waals surface area contributed by atoms with Gasteiger partial charge >= 0.3 is 0 Å². The van der Waals surface area contributed by atoms with E-state index in [1.54, 1.807) is 11.1 Å². The summed E-state index contributed by atoms with van der Waals surface area (Å²) in [5.41, 5.74) is 3.60. The van der Waals surface area contributed by atoms with Crippen LogP contribution in [0.25, 0.3) is 0 Å². The first-order valence-corrected chi connectivity index (χ1v) is 7.39. The maximum absolute atomic E-state index is 12.1. The lowest BCUT2D eigenvalue weighted by atomic mass is 10.1. The van der Waals surface area contributed by atoms with Gasteiger partial charge in [-0.3, -0.25) is 9.78 Å². The topological polar surface area (TPSA) is 33.2 Å². The number of carbonyl (C=O) groups is 1. The summed E-state index contributed by atoms with van der Waals surface area (Å²) >= 11 is 0. The largest absolute Gasteiger partial charge is 0.341 e. The van der Waals surface area contributed by atoms with Gasteiger partial charge in [-0.25, -0.2) is 0 Å². The van der Waals surface area contributed by atoms with Gasteiger partial charge in [0.2, 0.25) is 5.91 Å². The normalized spacial score (nSPS) is 10.4. The van der Waals surface area contributed by atoms with E-state index >= 15 is 0 Å². The van der Waals surface area contributed by atoms with Crippen LogP contribution in [0.4, 0.5) is 0 Å². The molecule has 0 aliphatic heterocycles. The Labute approximate surface area is 126 Å². The molecular formula is C18H22N2O. The number of carbonyl (C=O) groups excluding carboxylic acids is 1. The van der Waals surface area contributed by atoms with Crippen molar-refractivity contribution in [2.75, 3.05) is 7.05 Å². The number of rotatable bonds is 6. The smallest absolute Gasteiger partial charge is 0.222 e. The van der Waals surface area contributed by atoms with Crippen LogP contribution in [-0.2, 0) is 24.2 Å². The Bertz CT molecular complexity index is 564.